The van der Waals surface area contributed by atoms with Gasteiger partial charge >= 0.3 is 0 Å². The Morgan fingerprint density at radius 3 is 2.94 bits per heavy atom. The van der Waals surface area contributed by atoms with Gasteiger partial charge in [-0.15, -0.1) is 0 Å². The van der Waals surface area contributed by atoms with Gasteiger partial charge in [-0.2, -0.15) is 5.26 Å². The summed E-state index contributed by atoms with van der Waals surface area (Å²) < 4.78 is 5.64. The molecule has 1 atom stereocenters. The summed E-state index contributed by atoms with van der Waals surface area (Å²) in [5.74, 6) is 0. The van der Waals surface area contributed by atoms with Gasteiger partial charge in [-0.1, -0.05) is 18.5 Å². The van der Waals surface area contributed by atoms with Gasteiger partial charge in [0.25, 0.3) is 0 Å². The van der Waals surface area contributed by atoms with E-state index >= 15 is 0 Å². The van der Waals surface area contributed by atoms with Crippen molar-refractivity contribution in [2.45, 2.75) is 26.4 Å². The van der Waals surface area contributed by atoms with Crippen LogP contribution in [0.15, 0.2) is 12.1 Å². The van der Waals surface area contributed by atoms with Gasteiger partial charge in [0.15, 0.2) is 0 Å². The van der Waals surface area contributed by atoms with E-state index in [1.807, 2.05) is 13.0 Å². The average Bonchev–Trinajstić information content (AvgIpc) is 2.81. The fraction of sp³-hybridized carbons (Fsp3) is 0.462. The third-order valence-corrected chi connectivity index (χ3v) is 3.65. The Hall–Kier alpha value is -1.24. The quantitative estimate of drug-likeness (QED) is 0.809. The lowest BCUT2D eigenvalue weighted by atomic mass is 10.1. The molecule has 0 unspecified atom stereocenters. The minimum Gasteiger partial charge on any atom is -0.356 e. The summed E-state index contributed by atoms with van der Waals surface area (Å²) in [6, 6.07) is 5.81. The number of hydrogen-bond acceptors (Lipinski definition) is 3. The number of benzene rings is 1. The molecule has 1 saturated heterocycles. The minimum absolute atomic E-state index is 0.295. The van der Waals surface area contributed by atoms with Crippen LogP contribution < -0.4 is 4.90 Å². The second kappa shape index (κ2) is 4.95. The van der Waals surface area contributed by atoms with Crippen molar-refractivity contribution in [2.24, 2.45) is 0 Å². The first-order chi connectivity index (χ1) is 8.17. The number of nitriles is 1. The fourth-order valence-corrected chi connectivity index (χ4v) is 2.27. The van der Waals surface area contributed by atoms with Crippen LogP contribution in [0.4, 0.5) is 5.69 Å². The van der Waals surface area contributed by atoms with Crippen molar-refractivity contribution >= 4 is 17.3 Å². The normalized spacial score (nSPS) is 19.4. The van der Waals surface area contributed by atoms with Crippen LogP contribution in [0.2, 0.25) is 5.02 Å². The van der Waals surface area contributed by atoms with Crippen LogP contribution in [-0.2, 0) is 4.74 Å². The first-order valence-electron chi connectivity index (χ1n) is 5.73. The van der Waals surface area contributed by atoms with E-state index in [1.54, 1.807) is 6.07 Å². The molecule has 0 aliphatic carbocycles. The molecule has 0 aromatic heterocycles. The Balaban J connectivity index is 2.29. The fourth-order valence-electron chi connectivity index (χ4n) is 2.07. The largest absolute Gasteiger partial charge is 0.356 e. The van der Waals surface area contributed by atoms with E-state index in [4.69, 9.17) is 21.6 Å². The van der Waals surface area contributed by atoms with Crippen molar-refractivity contribution in [3.63, 3.8) is 0 Å². The van der Waals surface area contributed by atoms with Crippen LogP contribution in [0.5, 0.6) is 0 Å². The molecule has 1 aliphatic rings. The molecule has 90 valence electrons. The highest BCUT2D eigenvalue weighted by molar-refractivity contribution is 6.32. The number of nitrogens with zero attached hydrogens (tertiary/aromatic N) is 2. The summed E-state index contributed by atoms with van der Waals surface area (Å²) >= 11 is 6.16. The molecule has 0 spiro atoms. The highest BCUT2D eigenvalue weighted by Crippen LogP contribution is 2.31. The van der Waals surface area contributed by atoms with Crippen molar-refractivity contribution in [3.8, 4) is 6.07 Å². The van der Waals surface area contributed by atoms with Gasteiger partial charge in [0.05, 0.1) is 16.7 Å². The summed E-state index contributed by atoms with van der Waals surface area (Å²) in [4.78, 5) is 2.16. The number of ether oxygens (including phenoxy) is 1. The van der Waals surface area contributed by atoms with Crippen molar-refractivity contribution in [2.75, 3.05) is 18.2 Å². The topological polar surface area (TPSA) is 36.3 Å². The van der Waals surface area contributed by atoms with Gasteiger partial charge in [-0.25, -0.2) is 0 Å². The Labute approximate surface area is 107 Å². The maximum atomic E-state index is 8.91. The van der Waals surface area contributed by atoms with Gasteiger partial charge < -0.3 is 9.64 Å². The SMILES string of the molecule is CC[C@@H]1CN(c2ccc(C#N)c(Cl)c2C)CO1. The average molecular weight is 251 g/mol. The van der Waals surface area contributed by atoms with Crippen LogP contribution >= 0.6 is 11.6 Å². The van der Waals surface area contributed by atoms with Crippen LogP contribution in [0.1, 0.15) is 24.5 Å². The first kappa shape index (κ1) is 12.2. The maximum Gasteiger partial charge on any atom is 0.119 e. The molecule has 1 aromatic rings. The van der Waals surface area contributed by atoms with E-state index < -0.39 is 0 Å². The van der Waals surface area contributed by atoms with Gasteiger partial charge in [0.1, 0.15) is 12.8 Å². The van der Waals surface area contributed by atoms with Crippen LogP contribution in [-0.4, -0.2) is 19.4 Å². The molecule has 0 N–H and O–H groups in total. The Bertz CT molecular complexity index is 467. The molecule has 0 amide bonds. The molecule has 1 fully saturated rings. The second-order valence-electron chi connectivity index (χ2n) is 4.23. The predicted octanol–water partition coefficient (Wildman–Crippen LogP) is 3.09. The van der Waals surface area contributed by atoms with E-state index in [0.29, 0.717) is 23.4 Å². The second-order valence-corrected chi connectivity index (χ2v) is 4.61. The third-order valence-electron chi connectivity index (χ3n) is 3.16. The lowest BCUT2D eigenvalue weighted by Crippen LogP contribution is -2.22. The highest BCUT2D eigenvalue weighted by atomic mass is 35.5. The molecule has 0 bridgehead atoms. The van der Waals surface area contributed by atoms with Crippen LogP contribution in [0, 0.1) is 18.3 Å². The minimum atomic E-state index is 0.295. The standard InChI is InChI=1S/C13H15ClN2O/c1-3-11-7-16(8-17-11)12-5-4-10(6-15)13(14)9(12)2/h4-5,11H,3,7-8H2,1-2H3/t11-/m1/s1. The first-order valence-corrected chi connectivity index (χ1v) is 6.11. The third kappa shape index (κ3) is 2.24. The maximum absolute atomic E-state index is 8.91. The molecule has 17 heavy (non-hydrogen) atoms. The number of rotatable bonds is 2. The molecule has 0 radical (unpaired) electrons. The van der Waals surface area contributed by atoms with Crippen molar-refractivity contribution < 1.29 is 4.74 Å². The Morgan fingerprint density at radius 1 is 1.59 bits per heavy atom. The lowest BCUT2D eigenvalue weighted by molar-refractivity contribution is 0.113. The summed E-state index contributed by atoms with van der Waals surface area (Å²) in [5, 5.41) is 9.45. The van der Waals surface area contributed by atoms with Gasteiger partial charge in [-0.3, -0.25) is 0 Å². The smallest absolute Gasteiger partial charge is 0.119 e. The summed E-state index contributed by atoms with van der Waals surface area (Å²) in [6.07, 6.45) is 1.31. The highest BCUT2D eigenvalue weighted by Gasteiger charge is 2.23. The van der Waals surface area contributed by atoms with Crippen LogP contribution in [0.25, 0.3) is 0 Å². The van der Waals surface area contributed by atoms with E-state index in [2.05, 4.69) is 17.9 Å². The van der Waals surface area contributed by atoms with E-state index in [9.17, 15) is 0 Å². The number of halogens is 1. The summed E-state index contributed by atoms with van der Waals surface area (Å²) in [6.45, 7) is 5.55. The number of anilines is 1. The molecular weight excluding hydrogens is 236 g/mol. The summed E-state index contributed by atoms with van der Waals surface area (Å²) in [7, 11) is 0. The zero-order chi connectivity index (χ0) is 12.4. The molecule has 3 nitrogen and oxygen atoms in total. The van der Waals surface area contributed by atoms with Crippen LogP contribution in [0.3, 0.4) is 0 Å². The van der Waals surface area contributed by atoms with Crippen molar-refractivity contribution in [3.05, 3.63) is 28.3 Å². The van der Waals surface area contributed by atoms with Crippen molar-refractivity contribution in [1.82, 2.24) is 0 Å². The molecule has 1 aliphatic heterocycles. The van der Waals surface area contributed by atoms with E-state index in [1.165, 1.54) is 0 Å². The monoisotopic (exact) mass is 250 g/mol. The van der Waals surface area contributed by atoms with Gasteiger partial charge in [-0.05, 0) is 31.0 Å². The molecule has 1 heterocycles. The molecule has 1 aromatic carbocycles. The Morgan fingerprint density at radius 2 is 2.35 bits per heavy atom. The predicted molar refractivity (Wildman–Crippen MR) is 68.3 cm³/mol. The molecule has 4 heteroatoms. The van der Waals surface area contributed by atoms with Gasteiger partial charge in [0, 0.05) is 12.2 Å². The van der Waals surface area contributed by atoms with E-state index in [-0.39, 0.29) is 0 Å². The van der Waals surface area contributed by atoms with Gasteiger partial charge in [0.2, 0.25) is 0 Å². The number of hydrogen-bond donors (Lipinski definition) is 0. The van der Waals surface area contributed by atoms with Crippen molar-refractivity contribution in [1.29, 1.82) is 5.26 Å². The zero-order valence-electron chi connectivity index (χ0n) is 10.0. The molecule has 2 rings (SSSR count). The zero-order valence-corrected chi connectivity index (χ0v) is 10.8. The summed E-state index contributed by atoms with van der Waals surface area (Å²) in [5.41, 5.74) is 2.54. The molecule has 0 saturated carbocycles. The van der Waals surface area contributed by atoms with E-state index in [0.717, 1.165) is 24.2 Å². The lowest BCUT2D eigenvalue weighted by Gasteiger charge is -2.19. The Kier molecular flexibility index (Phi) is 3.56. The molecular formula is C13H15ClN2O.